The first-order valence-corrected chi connectivity index (χ1v) is 22.1. The van der Waals surface area contributed by atoms with Crippen LogP contribution in [-0.4, -0.2) is 6.15 Å². The highest BCUT2D eigenvalue weighted by Crippen LogP contribution is 2.33. The van der Waals surface area contributed by atoms with Crippen LogP contribution in [-0.2, 0) is 13.0 Å². The molecule has 0 fully saturated rings. The molecule has 1 heterocycles. The highest BCUT2D eigenvalue weighted by atomic mass is 19.2. The van der Waals surface area contributed by atoms with Crippen LogP contribution in [0.15, 0.2) is 121 Å². The minimum Gasteiger partial charge on any atom is -0.207 e. The number of halogens is 20. The molecule has 0 saturated carbocycles. The smallest absolute Gasteiger partial charge is 0.207 e. The Morgan fingerprint density at radius 1 is 0.286 bits per heavy atom. The Morgan fingerprint density at radius 2 is 0.584 bits per heavy atom. The molecule has 0 aliphatic heterocycles. The average molecular weight is 1090 g/mol. The van der Waals surface area contributed by atoms with Crippen LogP contribution in [0.4, 0.5) is 87.8 Å². The summed E-state index contributed by atoms with van der Waals surface area (Å²) in [6, 6.07) is 43.9. The standard InChI is InChI=1S/C31H24N.C24BF20/c1-2-10-23(11-3-1)22-32-27(19-18-24-12-6-9-17-31(24)32)21-30-28-15-7-4-13-25(28)20-26-14-5-8-16-29(26)30;26-5-1(6(27)14(35)21(42)13(5)34)25(2-7(28)15(36)22(43)16(37)8(2)29,3-9(30)17(38)23(44)18(39)10(3)31)4-11(32)19(40)24(45)20(41)12(4)33/h1-20H,21-22H2;/q+1;-1. The number of para-hydroxylation sites is 1. The predicted molar refractivity (Wildman–Crippen MR) is 243 cm³/mol. The third-order valence-electron chi connectivity index (χ3n) is 13.2. The van der Waals surface area contributed by atoms with Crippen molar-refractivity contribution in [3.8, 4) is 0 Å². The van der Waals surface area contributed by atoms with Crippen molar-refractivity contribution in [3.05, 3.63) is 254 Å². The fourth-order valence-corrected chi connectivity index (χ4v) is 9.77. The van der Waals surface area contributed by atoms with Gasteiger partial charge >= 0.3 is 0 Å². The molecule has 1 aromatic heterocycles. The van der Waals surface area contributed by atoms with Crippen LogP contribution < -0.4 is 26.4 Å². The second-order valence-corrected chi connectivity index (χ2v) is 17.2. The zero-order chi connectivity index (χ0) is 55.7. The maximum absolute atomic E-state index is 15.4. The summed E-state index contributed by atoms with van der Waals surface area (Å²) in [6.07, 6.45) is -6.33. The largest absolute Gasteiger partial charge is 0.212 e. The first-order chi connectivity index (χ1) is 36.6. The van der Waals surface area contributed by atoms with Gasteiger partial charge in [0, 0.05) is 23.1 Å². The van der Waals surface area contributed by atoms with E-state index in [9.17, 15) is 52.7 Å². The Balaban J connectivity index is 0.000000197. The van der Waals surface area contributed by atoms with Gasteiger partial charge < -0.3 is 0 Å². The SMILES string of the molecule is Fc1c(F)c(F)c([B-](c2c(F)c(F)c(F)c(F)c2F)(c2c(F)c(F)c(F)c(F)c2F)c2c(F)c(F)c(F)c(F)c2F)c(F)c1F.c1ccc(C[n+]2c(Cc3c4ccccc4cc4ccccc34)ccc3ccccc32)cc1. The van der Waals surface area contributed by atoms with Crippen LogP contribution >= 0.6 is 0 Å². The highest BCUT2D eigenvalue weighted by Gasteiger charge is 2.52. The fourth-order valence-electron chi connectivity index (χ4n) is 9.77. The van der Waals surface area contributed by atoms with E-state index in [-0.39, 0.29) is 0 Å². The summed E-state index contributed by atoms with van der Waals surface area (Å²) in [7, 11) is 0. The summed E-state index contributed by atoms with van der Waals surface area (Å²) in [5.41, 5.74) is -9.01. The van der Waals surface area contributed by atoms with E-state index in [4.69, 9.17) is 0 Å². The molecule has 77 heavy (non-hydrogen) atoms. The molecule has 22 heteroatoms. The molecular formula is C55H24BF20N. The number of aromatic nitrogens is 1. The summed E-state index contributed by atoms with van der Waals surface area (Å²) < 4.78 is 296. The van der Waals surface area contributed by atoms with Gasteiger partial charge in [-0.05, 0) is 45.3 Å². The Hall–Kier alpha value is -8.43. The second kappa shape index (κ2) is 20.3. The van der Waals surface area contributed by atoms with Crippen LogP contribution in [0.1, 0.15) is 16.8 Å². The number of hydrogen-bond acceptors (Lipinski definition) is 0. The van der Waals surface area contributed by atoms with Crippen molar-refractivity contribution in [1.29, 1.82) is 0 Å². The second-order valence-electron chi connectivity index (χ2n) is 17.2. The van der Waals surface area contributed by atoms with Crippen molar-refractivity contribution >= 4 is 60.4 Å². The van der Waals surface area contributed by atoms with Crippen molar-refractivity contribution < 1.29 is 92.4 Å². The van der Waals surface area contributed by atoms with E-state index in [1.165, 1.54) is 49.3 Å². The van der Waals surface area contributed by atoms with Gasteiger partial charge in [0.1, 0.15) is 52.7 Å². The minimum absolute atomic E-state index is 0.861. The van der Waals surface area contributed by atoms with E-state index in [0.29, 0.717) is 0 Å². The molecule has 0 bridgehead atoms. The van der Waals surface area contributed by atoms with Gasteiger partial charge in [-0.1, -0.05) is 91.0 Å². The van der Waals surface area contributed by atoms with E-state index < -0.39 is 144 Å². The summed E-state index contributed by atoms with van der Waals surface area (Å²) in [5.74, 6) is -71.4. The van der Waals surface area contributed by atoms with Crippen LogP contribution in [0.3, 0.4) is 0 Å². The normalized spacial score (nSPS) is 11.7. The fraction of sp³-hybridized carbons (Fsp3) is 0.0364. The Kier molecular flexibility index (Phi) is 14.1. The maximum atomic E-state index is 15.4. The third kappa shape index (κ3) is 8.44. The summed E-state index contributed by atoms with van der Waals surface area (Å²) >= 11 is 0. The molecule has 0 saturated heterocycles. The zero-order valence-corrected chi connectivity index (χ0v) is 38.0. The molecule has 9 aromatic carbocycles. The Morgan fingerprint density at radius 3 is 0.948 bits per heavy atom. The minimum atomic E-state index is -7.22. The number of rotatable bonds is 8. The molecular weight excluding hydrogens is 1070 g/mol. The molecule has 0 aliphatic rings. The molecule has 392 valence electrons. The highest BCUT2D eigenvalue weighted by molar-refractivity contribution is 7.20. The monoisotopic (exact) mass is 1090 g/mol. The first-order valence-electron chi connectivity index (χ1n) is 22.1. The Bertz CT molecular complexity index is 3620. The van der Waals surface area contributed by atoms with Crippen molar-refractivity contribution in [3.63, 3.8) is 0 Å². The van der Waals surface area contributed by atoms with Gasteiger partial charge in [-0.25, -0.2) is 87.8 Å². The average Bonchev–Trinajstić information content (AvgIpc) is 3.58. The molecule has 0 aliphatic carbocycles. The van der Waals surface area contributed by atoms with E-state index in [1.807, 2.05) is 0 Å². The van der Waals surface area contributed by atoms with Gasteiger partial charge in [-0.3, -0.25) is 0 Å². The maximum Gasteiger partial charge on any atom is 0.212 e. The summed E-state index contributed by atoms with van der Waals surface area (Å²) in [5, 5.41) is 6.55. The van der Waals surface area contributed by atoms with Gasteiger partial charge in [0.15, 0.2) is 82.0 Å². The lowest BCUT2D eigenvalue weighted by Crippen LogP contribution is -2.81. The molecule has 0 spiro atoms. The lowest BCUT2D eigenvalue weighted by Gasteiger charge is -2.44. The lowest BCUT2D eigenvalue weighted by molar-refractivity contribution is -0.669. The molecule has 0 atom stereocenters. The molecule has 0 amide bonds. The van der Waals surface area contributed by atoms with Gasteiger partial charge in [-0.15, -0.1) is 21.9 Å². The molecule has 0 N–H and O–H groups in total. The number of benzene rings is 9. The van der Waals surface area contributed by atoms with Gasteiger partial charge in [-0.2, -0.15) is 4.57 Å². The summed E-state index contributed by atoms with van der Waals surface area (Å²) in [4.78, 5) is 0. The zero-order valence-electron chi connectivity index (χ0n) is 38.0. The van der Waals surface area contributed by atoms with E-state index >= 15 is 35.1 Å². The predicted octanol–water partition coefficient (Wildman–Crippen LogP) is 12.9. The van der Waals surface area contributed by atoms with Crippen LogP contribution in [0.5, 0.6) is 0 Å². The quantitative estimate of drug-likeness (QED) is 0.0357. The molecule has 1 nitrogen and oxygen atoms in total. The van der Waals surface area contributed by atoms with Crippen LogP contribution in [0.25, 0.3) is 32.4 Å². The van der Waals surface area contributed by atoms with Crippen molar-refractivity contribution in [1.82, 2.24) is 0 Å². The summed E-state index contributed by atoms with van der Waals surface area (Å²) in [6.45, 7) is 0.861. The number of fused-ring (bicyclic) bond motifs is 3. The van der Waals surface area contributed by atoms with Gasteiger partial charge in [0.2, 0.25) is 5.52 Å². The van der Waals surface area contributed by atoms with Crippen molar-refractivity contribution in [2.24, 2.45) is 0 Å². The van der Waals surface area contributed by atoms with Gasteiger partial charge in [0.05, 0.1) is 6.42 Å². The van der Waals surface area contributed by atoms with E-state index in [2.05, 4.69) is 126 Å². The third-order valence-corrected chi connectivity index (χ3v) is 13.2. The number of nitrogens with zero attached hydrogens (tertiary/aromatic N) is 1. The number of hydrogen-bond donors (Lipinski definition) is 0. The van der Waals surface area contributed by atoms with E-state index in [0.717, 1.165) is 13.0 Å². The molecule has 10 rings (SSSR count). The van der Waals surface area contributed by atoms with Crippen molar-refractivity contribution in [2.45, 2.75) is 13.0 Å². The number of pyridine rings is 1. The molecule has 10 aromatic rings. The Labute approximate surface area is 419 Å². The van der Waals surface area contributed by atoms with Gasteiger partial charge in [0.25, 0.3) is 0 Å². The molecule has 0 radical (unpaired) electrons. The van der Waals surface area contributed by atoms with Crippen LogP contribution in [0.2, 0.25) is 0 Å². The van der Waals surface area contributed by atoms with Crippen molar-refractivity contribution in [2.75, 3.05) is 0 Å². The van der Waals surface area contributed by atoms with E-state index in [1.54, 1.807) is 0 Å². The van der Waals surface area contributed by atoms with Crippen LogP contribution in [0, 0.1) is 116 Å². The molecule has 0 unspecified atom stereocenters. The topological polar surface area (TPSA) is 3.88 Å². The lowest BCUT2D eigenvalue weighted by atomic mass is 9.12. The first kappa shape index (κ1) is 53.4.